The van der Waals surface area contributed by atoms with E-state index in [1.54, 1.807) is 12.7 Å². The monoisotopic (exact) mass is 265 g/mol. The zero-order valence-electron chi connectivity index (χ0n) is 10.7. The smallest absolute Gasteiger partial charge is 0.190 e. The van der Waals surface area contributed by atoms with Crippen LogP contribution in [0.15, 0.2) is 30.9 Å². The van der Waals surface area contributed by atoms with Crippen LogP contribution in [0.4, 0.5) is 5.69 Å². The Bertz CT molecular complexity index is 934. The van der Waals surface area contributed by atoms with Gasteiger partial charge in [-0.25, -0.2) is 9.97 Å². The number of hydrogen-bond acceptors (Lipinski definition) is 5. The van der Waals surface area contributed by atoms with Crippen molar-refractivity contribution in [2.45, 2.75) is 6.92 Å². The van der Waals surface area contributed by atoms with Gasteiger partial charge >= 0.3 is 0 Å². The van der Waals surface area contributed by atoms with E-state index in [1.165, 1.54) is 0 Å². The van der Waals surface area contributed by atoms with Crippen molar-refractivity contribution in [2.24, 2.45) is 0 Å². The number of aryl methyl sites for hydroxylation is 1. The molecule has 0 aliphatic heterocycles. The number of nitrogens with one attached hydrogen (secondary N) is 1. The van der Waals surface area contributed by atoms with E-state index in [2.05, 4.69) is 25.1 Å². The standard InChI is InChI=1S/C13H11N7/c1-7-4-8(2-3-9(7)14)12-18-19-13-10-11(16-5-15-10)17-6-20(12)13/h2-6H,14H2,1H3,(H,15,16). The number of imidazole rings is 1. The van der Waals surface area contributed by atoms with Crippen LogP contribution in [0.25, 0.3) is 28.2 Å². The third-order valence-electron chi connectivity index (χ3n) is 3.36. The van der Waals surface area contributed by atoms with Crippen molar-refractivity contribution >= 4 is 22.5 Å². The van der Waals surface area contributed by atoms with Gasteiger partial charge in [-0.1, -0.05) is 0 Å². The zero-order valence-corrected chi connectivity index (χ0v) is 10.7. The maximum atomic E-state index is 5.85. The number of aromatic amines is 1. The van der Waals surface area contributed by atoms with Crippen LogP contribution in [0.3, 0.4) is 0 Å². The quantitative estimate of drug-likeness (QED) is 0.509. The minimum atomic E-state index is 0.630. The molecule has 0 bridgehead atoms. The SMILES string of the molecule is Cc1cc(-c2nnc3c4[nH]cnc4ncn23)ccc1N. The van der Waals surface area contributed by atoms with Gasteiger partial charge in [0.2, 0.25) is 0 Å². The fraction of sp³-hybridized carbons (Fsp3) is 0.0769. The predicted octanol–water partition coefficient (Wildman–Crippen LogP) is 1.56. The Morgan fingerprint density at radius 1 is 1.20 bits per heavy atom. The van der Waals surface area contributed by atoms with Crippen LogP contribution in [0.1, 0.15) is 5.56 Å². The average Bonchev–Trinajstić information content (AvgIpc) is 3.06. The van der Waals surface area contributed by atoms with Crippen LogP contribution in [0.5, 0.6) is 0 Å². The maximum Gasteiger partial charge on any atom is 0.190 e. The van der Waals surface area contributed by atoms with E-state index in [4.69, 9.17) is 5.73 Å². The summed E-state index contributed by atoms with van der Waals surface area (Å²) in [5.41, 5.74) is 10.7. The Labute approximate surface area is 113 Å². The minimum absolute atomic E-state index is 0.630. The topological polar surface area (TPSA) is 97.8 Å². The van der Waals surface area contributed by atoms with Crippen LogP contribution >= 0.6 is 0 Å². The summed E-state index contributed by atoms with van der Waals surface area (Å²) < 4.78 is 1.84. The number of anilines is 1. The number of nitrogen functional groups attached to an aromatic ring is 1. The molecule has 0 unspecified atom stereocenters. The van der Waals surface area contributed by atoms with Gasteiger partial charge in [-0.3, -0.25) is 4.40 Å². The van der Waals surface area contributed by atoms with Crippen molar-refractivity contribution in [3.8, 4) is 11.4 Å². The van der Waals surface area contributed by atoms with Crippen molar-refractivity contribution in [2.75, 3.05) is 5.73 Å². The Balaban J connectivity index is 2.02. The molecule has 7 nitrogen and oxygen atoms in total. The fourth-order valence-electron chi connectivity index (χ4n) is 2.24. The van der Waals surface area contributed by atoms with Crippen molar-refractivity contribution in [3.63, 3.8) is 0 Å². The molecule has 3 N–H and O–H groups in total. The number of hydrogen-bond donors (Lipinski definition) is 2. The summed E-state index contributed by atoms with van der Waals surface area (Å²) >= 11 is 0. The van der Waals surface area contributed by atoms with E-state index in [1.807, 2.05) is 29.5 Å². The van der Waals surface area contributed by atoms with E-state index >= 15 is 0 Å². The molecule has 0 fully saturated rings. The summed E-state index contributed by atoms with van der Waals surface area (Å²) in [6, 6.07) is 5.78. The molecule has 0 amide bonds. The highest BCUT2D eigenvalue weighted by atomic mass is 15.3. The Morgan fingerprint density at radius 3 is 2.95 bits per heavy atom. The third kappa shape index (κ3) is 1.40. The second kappa shape index (κ2) is 3.77. The molecule has 4 aromatic rings. The molecule has 0 atom stereocenters. The molecule has 20 heavy (non-hydrogen) atoms. The van der Waals surface area contributed by atoms with Gasteiger partial charge in [-0.15, -0.1) is 10.2 Å². The van der Waals surface area contributed by atoms with Gasteiger partial charge in [0, 0.05) is 11.3 Å². The first-order valence-electron chi connectivity index (χ1n) is 6.13. The molecular weight excluding hydrogens is 254 g/mol. The molecule has 0 saturated carbocycles. The van der Waals surface area contributed by atoms with Crippen molar-refractivity contribution < 1.29 is 0 Å². The minimum Gasteiger partial charge on any atom is -0.399 e. The first-order valence-corrected chi connectivity index (χ1v) is 6.13. The lowest BCUT2D eigenvalue weighted by atomic mass is 10.1. The summed E-state index contributed by atoms with van der Waals surface area (Å²) in [7, 11) is 0. The molecule has 0 aliphatic carbocycles. The van der Waals surface area contributed by atoms with Gasteiger partial charge in [0.1, 0.15) is 11.8 Å². The number of nitrogens with zero attached hydrogens (tertiary/aromatic N) is 5. The zero-order chi connectivity index (χ0) is 13.7. The molecule has 0 saturated heterocycles. The lowest BCUT2D eigenvalue weighted by molar-refractivity contribution is 1.09. The molecule has 3 aromatic heterocycles. The first-order chi connectivity index (χ1) is 9.74. The highest BCUT2D eigenvalue weighted by Crippen LogP contribution is 2.23. The molecular formula is C13H11N7. The predicted molar refractivity (Wildman–Crippen MR) is 75.0 cm³/mol. The maximum absolute atomic E-state index is 5.85. The Morgan fingerprint density at radius 2 is 2.10 bits per heavy atom. The molecule has 1 aromatic carbocycles. The lowest BCUT2D eigenvalue weighted by Crippen LogP contribution is -1.94. The molecule has 4 rings (SSSR count). The number of H-pyrrole nitrogens is 1. The molecule has 98 valence electrons. The van der Waals surface area contributed by atoms with Gasteiger partial charge in [0.05, 0.1) is 6.33 Å². The van der Waals surface area contributed by atoms with E-state index in [0.29, 0.717) is 11.3 Å². The van der Waals surface area contributed by atoms with Gasteiger partial charge < -0.3 is 10.7 Å². The summed E-state index contributed by atoms with van der Waals surface area (Å²) in [4.78, 5) is 11.4. The third-order valence-corrected chi connectivity index (χ3v) is 3.36. The highest BCUT2D eigenvalue weighted by molar-refractivity contribution is 5.85. The lowest BCUT2D eigenvalue weighted by Gasteiger charge is -2.03. The van der Waals surface area contributed by atoms with E-state index < -0.39 is 0 Å². The largest absolute Gasteiger partial charge is 0.399 e. The van der Waals surface area contributed by atoms with Crippen molar-refractivity contribution in [3.05, 3.63) is 36.4 Å². The van der Waals surface area contributed by atoms with Gasteiger partial charge in [0.15, 0.2) is 17.1 Å². The Kier molecular flexibility index (Phi) is 2.06. The fourth-order valence-corrected chi connectivity index (χ4v) is 2.24. The van der Waals surface area contributed by atoms with Gasteiger partial charge in [-0.05, 0) is 30.7 Å². The van der Waals surface area contributed by atoms with E-state index in [9.17, 15) is 0 Å². The van der Waals surface area contributed by atoms with Crippen LogP contribution in [0, 0.1) is 6.92 Å². The summed E-state index contributed by atoms with van der Waals surface area (Å²) in [5, 5.41) is 8.47. The van der Waals surface area contributed by atoms with Crippen molar-refractivity contribution in [1.82, 2.24) is 29.5 Å². The van der Waals surface area contributed by atoms with Crippen molar-refractivity contribution in [1.29, 1.82) is 0 Å². The summed E-state index contributed by atoms with van der Waals surface area (Å²) in [6.07, 6.45) is 3.28. The summed E-state index contributed by atoms with van der Waals surface area (Å²) in [5.74, 6) is 0.729. The van der Waals surface area contributed by atoms with E-state index in [-0.39, 0.29) is 0 Å². The molecule has 7 heteroatoms. The molecule has 0 radical (unpaired) electrons. The van der Waals surface area contributed by atoms with Gasteiger partial charge in [0.25, 0.3) is 0 Å². The number of rotatable bonds is 1. The molecule has 3 heterocycles. The summed E-state index contributed by atoms with van der Waals surface area (Å²) in [6.45, 7) is 1.97. The second-order valence-corrected chi connectivity index (χ2v) is 4.63. The van der Waals surface area contributed by atoms with Crippen LogP contribution in [0.2, 0.25) is 0 Å². The number of nitrogens with two attached hydrogens (primary N) is 1. The molecule has 0 aliphatic rings. The van der Waals surface area contributed by atoms with Crippen LogP contribution in [-0.4, -0.2) is 29.5 Å². The normalized spacial score (nSPS) is 11.4. The number of benzene rings is 1. The number of aromatic nitrogens is 6. The second-order valence-electron chi connectivity index (χ2n) is 4.63. The molecule has 0 spiro atoms. The van der Waals surface area contributed by atoms with Gasteiger partial charge in [-0.2, -0.15) is 0 Å². The highest BCUT2D eigenvalue weighted by Gasteiger charge is 2.13. The Hall–Kier alpha value is -2.96. The van der Waals surface area contributed by atoms with Crippen LogP contribution in [-0.2, 0) is 0 Å². The van der Waals surface area contributed by atoms with E-state index in [0.717, 1.165) is 28.2 Å². The average molecular weight is 265 g/mol. The first kappa shape index (κ1) is 10.9. The van der Waals surface area contributed by atoms with Crippen LogP contribution < -0.4 is 5.73 Å². The number of fused-ring (bicyclic) bond motifs is 3.